The molecular formula is C15H19NO. The van der Waals surface area contributed by atoms with Crippen LogP contribution in [0.1, 0.15) is 36.5 Å². The average molecular weight is 229 g/mol. The molecule has 1 heterocycles. The molecule has 2 rings (SSSR count). The van der Waals surface area contributed by atoms with Gasteiger partial charge in [-0.05, 0) is 38.3 Å². The summed E-state index contributed by atoms with van der Waals surface area (Å²) in [5.74, 6) is 0.161. The van der Waals surface area contributed by atoms with Crippen molar-refractivity contribution in [1.82, 2.24) is 4.90 Å². The van der Waals surface area contributed by atoms with Gasteiger partial charge in [0.1, 0.15) is 0 Å². The predicted octanol–water partition coefficient (Wildman–Crippen LogP) is 3.26. The highest BCUT2D eigenvalue weighted by Crippen LogP contribution is 2.20. The summed E-state index contributed by atoms with van der Waals surface area (Å²) >= 11 is 0. The van der Waals surface area contributed by atoms with Gasteiger partial charge < -0.3 is 4.90 Å². The first-order valence-corrected chi connectivity index (χ1v) is 6.32. The van der Waals surface area contributed by atoms with E-state index in [4.69, 9.17) is 0 Å². The smallest absolute Gasteiger partial charge is 0.254 e. The molecule has 0 radical (unpaired) electrons. The minimum absolute atomic E-state index is 0.161. The molecule has 1 saturated heterocycles. The Morgan fingerprint density at radius 3 is 2.76 bits per heavy atom. The fraction of sp³-hybridized carbons (Fsp3) is 0.400. The van der Waals surface area contributed by atoms with Crippen molar-refractivity contribution < 1.29 is 4.79 Å². The summed E-state index contributed by atoms with van der Waals surface area (Å²) in [5, 5.41) is 0. The molecule has 1 amide bonds. The highest BCUT2D eigenvalue weighted by Gasteiger charge is 2.25. The molecule has 0 saturated carbocycles. The first kappa shape index (κ1) is 11.9. The molecule has 2 nitrogen and oxygen atoms in total. The van der Waals surface area contributed by atoms with Crippen LogP contribution in [0.4, 0.5) is 0 Å². The van der Waals surface area contributed by atoms with E-state index in [-0.39, 0.29) is 11.9 Å². The second-order valence-corrected chi connectivity index (χ2v) is 4.45. The maximum atomic E-state index is 12.4. The van der Waals surface area contributed by atoms with E-state index in [1.54, 1.807) is 0 Å². The normalized spacial score (nSPS) is 20.8. The van der Waals surface area contributed by atoms with Crippen molar-refractivity contribution in [1.29, 1.82) is 0 Å². The monoisotopic (exact) mass is 229 g/mol. The molecule has 1 aromatic rings. The summed E-state index contributed by atoms with van der Waals surface area (Å²) in [6.45, 7) is 2.89. The largest absolute Gasteiger partial charge is 0.332 e. The fourth-order valence-corrected chi connectivity index (χ4v) is 2.38. The van der Waals surface area contributed by atoms with E-state index < -0.39 is 0 Å². The molecule has 0 unspecified atom stereocenters. The van der Waals surface area contributed by atoms with Crippen LogP contribution >= 0.6 is 0 Å². The van der Waals surface area contributed by atoms with Gasteiger partial charge in [-0.25, -0.2) is 0 Å². The molecule has 0 N–H and O–H groups in total. The van der Waals surface area contributed by atoms with Crippen LogP contribution in [0.5, 0.6) is 0 Å². The quantitative estimate of drug-likeness (QED) is 0.713. The van der Waals surface area contributed by atoms with Crippen LogP contribution in [0, 0.1) is 0 Å². The van der Waals surface area contributed by atoms with E-state index in [0.29, 0.717) is 0 Å². The van der Waals surface area contributed by atoms with Gasteiger partial charge in [0.05, 0.1) is 6.04 Å². The van der Waals surface area contributed by atoms with Gasteiger partial charge in [0.15, 0.2) is 0 Å². The molecule has 90 valence electrons. The SMILES string of the molecule is C/C=C/[C@@H]1CCCCN1C(=O)c1ccccc1. The van der Waals surface area contributed by atoms with E-state index in [9.17, 15) is 4.79 Å². The molecule has 0 aliphatic carbocycles. The highest BCUT2D eigenvalue weighted by molar-refractivity contribution is 5.94. The second-order valence-electron chi connectivity index (χ2n) is 4.45. The molecule has 0 spiro atoms. The minimum atomic E-state index is 0.161. The number of nitrogens with zero attached hydrogens (tertiary/aromatic N) is 1. The molecule has 1 atom stereocenters. The topological polar surface area (TPSA) is 20.3 Å². The lowest BCUT2D eigenvalue weighted by atomic mass is 10.0. The van der Waals surface area contributed by atoms with Crippen LogP contribution in [0.25, 0.3) is 0 Å². The maximum absolute atomic E-state index is 12.4. The van der Waals surface area contributed by atoms with Gasteiger partial charge in [-0.3, -0.25) is 4.79 Å². The summed E-state index contributed by atoms with van der Waals surface area (Å²) < 4.78 is 0. The number of carbonyl (C=O) groups is 1. The van der Waals surface area contributed by atoms with E-state index >= 15 is 0 Å². The highest BCUT2D eigenvalue weighted by atomic mass is 16.2. The summed E-state index contributed by atoms with van der Waals surface area (Å²) in [7, 11) is 0. The van der Waals surface area contributed by atoms with Crippen molar-refractivity contribution in [2.45, 2.75) is 32.2 Å². The molecule has 0 aromatic heterocycles. The number of likely N-dealkylation sites (tertiary alicyclic amines) is 1. The van der Waals surface area contributed by atoms with Gasteiger partial charge in [0.25, 0.3) is 5.91 Å². The van der Waals surface area contributed by atoms with E-state index in [1.807, 2.05) is 48.2 Å². The van der Waals surface area contributed by atoms with E-state index in [1.165, 1.54) is 6.42 Å². The van der Waals surface area contributed by atoms with Gasteiger partial charge in [-0.1, -0.05) is 30.4 Å². The Morgan fingerprint density at radius 2 is 2.06 bits per heavy atom. The van der Waals surface area contributed by atoms with Gasteiger partial charge in [-0.2, -0.15) is 0 Å². The van der Waals surface area contributed by atoms with E-state index in [0.717, 1.165) is 24.9 Å². The lowest BCUT2D eigenvalue weighted by Crippen LogP contribution is -2.42. The molecule has 1 aliphatic heterocycles. The number of carbonyl (C=O) groups excluding carboxylic acids is 1. The van der Waals surface area contributed by atoms with Crippen LogP contribution in [-0.2, 0) is 0 Å². The molecule has 2 heteroatoms. The Hall–Kier alpha value is -1.57. The van der Waals surface area contributed by atoms with Crippen LogP contribution in [0.2, 0.25) is 0 Å². The summed E-state index contributed by atoms with van der Waals surface area (Å²) in [5.41, 5.74) is 0.795. The van der Waals surface area contributed by atoms with Crippen LogP contribution in [0.3, 0.4) is 0 Å². The zero-order valence-corrected chi connectivity index (χ0v) is 10.3. The third-order valence-corrected chi connectivity index (χ3v) is 3.25. The van der Waals surface area contributed by atoms with Crippen LogP contribution < -0.4 is 0 Å². The van der Waals surface area contributed by atoms with Crippen molar-refractivity contribution in [3.63, 3.8) is 0 Å². The summed E-state index contributed by atoms with van der Waals surface area (Å²) in [6, 6.07) is 9.84. The number of rotatable bonds is 2. The Kier molecular flexibility index (Phi) is 3.97. The van der Waals surface area contributed by atoms with Crippen molar-refractivity contribution >= 4 is 5.91 Å². The first-order chi connectivity index (χ1) is 8.33. The molecule has 1 aliphatic rings. The van der Waals surface area contributed by atoms with Crippen molar-refractivity contribution in [3.8, 4) is 0 Å². The second kappa shape index (κ2) is 5.67. The number of hydrogen-bond acceptors (Lipinski definition) is 1. The fourth-order valence-electron chi connectivity index (χ4n) is 2.38. The Balaban J connectivity index is 2.17. The predicted molar refractivity (Wildman–Crippen MR) is 69.9 cm³/mol. The molecule has 1 aromatic carbocycles. The van der Waals surface area contributed by atoms with Gasteiger partial charge >= 0.3 is 0 Å². The Morgan fingerprint density at radius 1 is 1.29 bits per heavy atom. The van der Waals surface area contributed by atoms with Crippen molar-refractivity contribution in [3.05, 3.63) is 48.0 Å². The third-order valence-electron chi connectivity index (χ3n) is 3.25. The molecule has 17 heavy (non-hydrogen) atoms. The lowest BCUT2D eigenvalue weighted by Gasteiger charge is -2.34. The zero-order chi connectivity index (χ0) is 12.1. The summed E-state index contributed by atoms with van der Waals surface area (Å²) in [6.07, 6.45) is 7.60. The van der Waals surface area contributed by atoms with Crippen molar-refractivity contribution in [2.24, 2.45) is 0 Å². The van der Waals surface area contributed by atoms with Gasteiger partial charge in [0.2, 0.25) is 0 Å². The number of benzene rings is 1. The molecule has 0 bridgehead atoms. The number of piperidine rings is 1. The Labute approximate surface area is 103 Å². The maximum Gasteiger partial charge on any atom is 0.254 e. The van der Waals surface area contributed by atoms with Crippen LogP contribution in [-0.4, -0.2) is 23.4 Å². The Bertz CT molecular complexity index is 397. The van der Waals surface area contributed by atoms with E-state index in [2.05, 4.69) is 6.08 Å². The van der Waals surface area contributed by atoms with Gasteiger partial charge in [0, 0.05) is 12.1 Å². The molecular weight excluding hydrogens is 210 g/mol. The number of allylic oxidation sites excluding steroid dienone is 1. The standard InChI is InChI=1S/C15H19NO/c1-2-8-14-11-6-7-12-16(14)15(17)13-9-4-3-5-10-13/h2-5,8-10,14H,6-7,11-12H2,1H3/b8-2+/t14-/m1/s1. The first-order valence-electron chi connectivity index (χ1n) is 6.32. The van der Waals surface area contributed by atoms with Gasteiger partial charge in [-0.15, -0.1) is 0 Å². The number of amides is 1. The minimum Gasteiger partial charge on any atom is -0.332 e. The van der Waals surface area contributed by atoms with Crippen LogP contribution in [0.15, 0.2) is 42.5 Å². The zero-order valence-electron chi connectivity index (χ0n) is 10.3. The molecule has 1 fully saturated rings. The average Bonchev–Trinajstić information content (AvgIpc) is 2.40. The lowest BCUT2D eigenvalue weighted by molar-refractivity contribution is 0.0664. The van der Waals surface area contributed by atoms with Crippen molar-refractivity contribution in [2.75, 3.05) is 6.54 Å². The number of hydrogen-bond donors (Lipinski definition) is 0. The third kappa shape index (κ3) is 2.76. The summed E-state index contributed by atoms with van der Waals surface area (Å²) in [4.78, 5) is 14.4.